The summed E-state index contributed by atoms with van der Waals surface area (Å²) >= 11 is 0. The van der Waals surface area contributed by atoms with Crippen molar-refractivity contribution in [1.29, 1.82) is 0 Å². The summed E-state index contributed by atoms with van der Waals surface area (Å²) in [6.45, 7) is 2.42. The highest BCUT2D eigenvalue weighted by atomic mass is 19.4. The summed E-state index contributed by atoms with van der Waals surface area (Å²) in [6.07, 6.45) is 2.07. The third-order valence-corrected chi connectivity index (χ3v) is 6.06. The highest BCUT2D eigenvalue weighted by Crippen LogP contribution is 2.40. The first kappa shape index (κ1) is 21.2. The fourth-order valence-corrected chi connectivity index (χ4v) is 4.63. The second-order valence-electron chi connectivity index (χ2n) is 8.32. The number of aromatic nitrogens is 5. The number of pyridine rings is 1. The molecule has 5 rings (SSSR count). The Morgan fingerprint density at radius 3 is 2.55 bits per heavy atom. The fraction of sp³-hybridized carbons (Fsp3) is 0.364. The number of likely N-dealkylation sites (tertiary alicyclic amines) is 1. The maximum Gasteiger partial charge on any atom is 0.434 e. The molecule has 2 aliphatic rings. The van der Waals surface area contributed by atoms with Crippen molar-refractivity contribution in [3.05, 3.63) is 60.1 Å². The Balaban J connectivity index is 1.37. The Morgan fingerprint density at radius 1 is 1.09 bits per heavy atom. The van der Waals surface area contributed by atoms with Crippen LogP contribution in [0.25, 0.3) is 11.4 Å². The van der Waals surface area contributed by atoms with Gasteiger partial charge in [0, 0.05) is 30.7 Å². The third kappa shape index (κ3) is 4.10. The molecule has 8 nitrogen and oxygen atoms in total. The van der Waals surface area contributed by atoms with E-state index < -0.39 is 11.9 Å². The van der Waals surface area contributed by atoms with Gasteiger partial charge in [-0.1, -0.05) is 0 Å². The molecule has 0 unspecified atom stereocenters. The van der Waals surface area contributed by atoms with Crippen LogP contribution in [0.5, 0.6) is 0 Å². The van der Waals surface area contributed by atoms with Crippen molar-refractivity contribution in [1.82, 2.24) is 29.8 Å². The second kappa shape index (κ2) is 8.05. The summed E-state index contributed by atoms with van der Waals surface area (Å²) in [5.74, 6) is 0.756. The van der Waals surface area contributed by atoms with Crippen LogP contribution in [-0.4, -0.2) is 54.4 Å². The normalized spacial score (nSPS) is 21.9. The van der Waals surface area contributed by atoms with Crippen molar-refractivity contribution < 1.29 is 18.0 Å². The van der Waals surface area contributed by atoms with Gasteiger partial charge >= 0.3 is 6.18 Å². The van der Waals surface area contributed by atoms with Gasteiger partial charge in [0.05, 0.1) is 24.0 Å². The molecule has 0 radical (unpaired) electrons. The molecule has 0 aromatic carbocycles. The van der Waals surface area contributed by atoms with E-state index in [1.165, 1.54) is 0 Å². The molecule has 33 heavy (non-hydrogen) atoms. The molecule has 1 N–H and O–H groups in total. The zero-order chi connectivity index (χ0) is 23.2. The summed E-state index contributed by atoms with van der Waals surface area (Å²) in [6, 6.07) is 5.05. The number of anilines is 1. The van der Waals surface area contributed by atoms with Crippen LogP contribution in [0.15, 0.2) is 43.0 Å². The van der Waals surface area contributed by atoms with E-state index in [1.54, 1.807) is 29.4 Å². The molecule has 170 valence electrons. The number of nitrogens with one attached hydrogen (secondary N) is 1. The van der Waals surface area contributed by atoms with Gasteiger partial charge in [0.25, 0.3) is 5.91 Å². The molecule has 3 aromatic rings. The number of hydrogen-bond donors (Lipinski definition) is 1. The lowest BCUT2D eigenvalue weighted by molar-refractivity contribution is -0.141. The maximum atomic E-state index is 13.6. The van der Waals surface area contributed by atoms with E-state index in [0.717, 1.165) is 19.0 Å². The van der Waals surface area contributed by atoms with Gasteiger partial charge in [-0.25, -0.2) is 24.9 Å². The Labute approximate surface area is 187 Å². The van der Waals surface area contributed by atoms with Crippen LogP contribution in [-0.2, 0) is 6.18 Å². The Hall–Kier alpha value is -3.63. The molecule has 2 bridgehead atoms. The zero-order valence-electron chi connectivity index (χ0n) is 17.6. The molecular weight excluding hydrogens is 435 g/mol. The summed E-state index contributed by atoms with van der Waals surface area (Å²) in [5, 5.41) is 3.16. The van der Waals surface area contributed by atoms with Crippen molar-refractivity contribution in [2.45, 2.75) is 38.0 Å². The Morgan fingerprint density at radius 2 is 1.88 bits per heavy atom. The third-order valence-electron chi connectivity index (χ3n) is 6.06. The number of hydrogen-bond acceptors (Lipinski definition) is 7. The predicted molar refractivity (Wildman–Crippen MR) is 112 cm³/mol. The van der Waals surface area contributed by atoms with Gasteiger partial charge in [0.2, 0.25) is 0 Å². The minimum Gasteiger partial charge on any atom is -0.364 e. The standard InChI is InChI=1S/C22H20F3N7O/c1-12-3-4-14(20-26-5-2-6-27-20)19(30-12)21(33)32-11-13-7-15(16(32)8-13)31-18-10-28-17(9-29-18)22(23,24)25/h2-6,9-10,13,15-16H,7-8,11H2,1H3,(H,29,31)/t13-,15+,16-/m0/s1. The highest BCUT2D eigenvalue weighted by molar-refractivity contribution is 5.98. The van der Waals surface area contributed by atoms with Crippen molar-refractivity contribution in [3.63, 3.8) is 0 Å². The minimum absolute atomic E-state index is 0.126. The number of aryl methyl sites for hydroxylation is 1. The smallest absolute Gasteiger partial charge is 0.364 e. The van der Waals surface area contributed by atoms with E-state index in [-0.39, 0.29) is 23.8 Å². The lowest BCUT2D eigenvalue weighted by atomic mass is 10.0. The number of rotatable bonds is 4. The number of piperidine rings is 1. The Kier molecular flexibility index (Phi) is 5.18. The summed E-state index contributed by atoms with van der Waals surface area (Å²) in [5.41, 5.74) is 0.519. The van der Waals surface area contributed by atoms with Gasteiger partial charge in [-0.05, 0) is 43.9 Å². The average Bonchev–Trinajstić information content (AvgIpc) is 3.39. The van der Waals surface area contributed by atoms with E-state index in [2.05, 4.69) is 30.2 Å². The summed E-state index contributed by atoms with van der Waals surface area (Å²) in [7, 11) is 0. The highest BCUT2D eigenvalue weighted by Gasteiger charge is 2.48. The van der Waals surface area contributed by atoms with Crippen LogP contribution in [0, 0.1) is 12.8 Å². The predicted octanol–water partition coefficient (Wildman–Crippen LogP) is 3.37. The maximum absolute atomic E-state index is 13.6. The molecule has 1 saturated carbocycles. The molecule has 4 heterocycles. The van der Waals surface area contributed by atoms with Gasteiger partial charge in [-0.15, -0.1) is 0 Å². The largest absolute Gasteiger partial charge is 0.434 e. The molecule has 1 amide bonds. The van der Waals surface area contributed by atoms with Gasteiger partial charge in [0.1, 0.15) is 11.5 Å². The van der Waals surface area contributed by atoms with Crippen LogP contribution in [0.3, 0.4) is 0 Å². The summed E-state index contributed by atoms with van der Waals surface area (Å²) < 4.78 is 38.2. The number of carbonyl (C=O) groups is 1. The van der Waals surface area contributed by atoms with Gasteiger partial charge in [-0.2, -0.15) is 13.2 Å². The first-order valence-electron chi connectivity index (χ1n) is 10.5. The van der Waals surface area contributed by atoms with E-state index in [0.29, 0.717) is 41.4 Å². The SMILES string of the molecule is Cc1ccc(-c2ncccn2)c(C(=O)N2C[C@H]3C[C@@H](Nc4cnc(C(F)(F)F)cn4)[C@@H]2C3)n1. The van der Waals surface area contributed by atoms with Crippen LogP contribution in [0.1, 0.15) is 34.7 Å². The van der Waals surface area contributed by atoms with Crippen molar-refractivity contribution in [2.75, 3.05) is 11.9 Å². The molecular formula is C22H20F3N7O. The number of amides is 1. The molecule has 3 aromatic heterocycles. The number of nitrogens with zero attached hydrogens (tertiary/aromatic N) is 6. The van der Waals surface area contributed by atoms with E-state index >= 15 is 0 Å². The lowest BCUT2D eigenvalue weighted by Crippen LogP contribution is -2.48. The zero-order valence-corrected chi connectivity index (χ0v) is 17.6. The Bertz CT molecular complexity index is 1170. The van der Waals surface area contributed by atoms with Crippen LogP contribution < -0.4 is 5.32 Å². The number of alkyl halides is 3. The molecule has 1 aliphatic carbocycles. The molecule has 2 fully saturated rings. The lowest BCUT2D eigenvalue weighted by Gasteiger charge is -2.34. The first-order chi connectivity index (χ1) is 15.8. The molecule has 1 saturated heterocycles. The molecule has 1 aliphatic heterocycles. The van der Waals surface area contributed by atoms with Crippen LogP contribution >= 0.6 is 0 Å². The molecule has 11 heteroatoms. The van der Waals surface area contributed by atoms with E-state index in [1.807, 2.05) is 13.0 Å². The first-order valence-corrected chi connectivity index (χ1v) is 10.5. The average molecular weight is 455 g/mol. The number of halogens is 3. The number of fused-ring (bicyclic) bond motifs is 2. The van der Waals surface area contributed by atoms with Crippen LogP contribution in [0.4, 0.5) is 19.0 Å². The topological polar surface area (TPSA) is 96.8 Å². The van der Waals surface area contributed by atoms with Gasteiger partial charge in [0.15, 0.2) is 11.5 Å². The minimum atomic E-state index is -4.54. The van der Waals surface area contributed by atoms with E-state index in [9.17, 15) is 18.0 Å². The van der Waals surface area contributed by atoms with Gasteiger partial charge in [-0.3, -0.25) is 4.79 Å². The fourth-order valence-electron chi connectivity index (χ4n) is 4.63. The van der Waals surface area contributed by atoms with E-state index in [4.69, 9.17) is 0 Å². The summed E-state index contributed by atoms with van der Waals surface area (Å²) in [4.78, 5) is 35.7. The quantitative estimate of drug-likeness (QED) is 0.644. The van der Waals surface area contributed by atoms with Crippen molar-refractivity contribution >= 4 is 11.7 Å². The second-order valence-corrected chi connectivity index (χ2v) is 8.32. The van der Waals surface area contributed by atoms with Crippen molar-refractivity contribution in [2.24, 2.45) is 5.92 Å². The van der Waals surface area contributed by atoms with Crippen molar-refractivity contribution in [3.8, 4) is 11.4 Å². The monoisotopic (exact) mass is 455 g/mol. The van der Waals surface area contributed by atoms with Crippen LogP contribution in [0.2, 0.25) is 0 Å². The molecule has 3 atom stereocenters. The molecule has 0 spiro atoms. The number of carbonyl (C=O) groups excluding carboxylic acids is 1. The van der Waals surface area contributed by atoms with Gasteiger partial charge < -0.3 is 10.2 Å².